The van der Waals surface area contributed by atoms with Crippen LogP contribution < -0.4 is 0 Å². The fourth-order valence-electron chi connectivity index (χ4n) is 5.27. The molecule has 9 heteroatoms. The molecular weight excluding hydrogens is 449 g/mol. The van der Waals surface area contributed by atoms with Gasteiger partial charge in [0.2, 0.25) is 0 Å². The number of halogens is 1. The molecule has 0 amide bonds. The zero-order valence-electron chi connectivity index (χ0n) is 19.7. The molecule has 176 valence electrons. The Balaban J connectivity index is 1.68. The van der Waals surface area contributed by atoms with Gasteiger partial charge in [-0.1, -0.05) is 23.7 Å². The third-order valence-electron chi connectivity index (χ3n) is 7.11. The molecule has 7 nitrogen and oxygen atoms in total. The Morgan fingerprint density at radius 1 is 1.18 bits per heavy atom. The molecule has 2 N–H and O–H groups in total. The number of benzene rings is 1. The summed E-state index contributed by atoms with van der Waals surface area (Å²) < 4.78 is 1.84. The van der Waals surface area contributed by atoms with E-state index in [0.29, 0.717) is 10.7 Å². The molecule has 0 bridgehead atoms. The van der Waals surface area contributed by atoms with E-state index in [1.807, 2.05) is 55.0 Å². The minimum absolute atomic E-state index is 0.101. The topological polar surface area (TPSA) is 77.6 Å². The van der Waals surface area contributed by atoms with Crippen molar-refractivity contribution in [2.75, 3.05) is 26.2 Å². The van der Waals surface area contributed by atoms with Gasteiger partial charge in [-0.3, -0.25) is 9.88 Å². The Morgan fingerprint density at radius 2 is 1.94 bits per heavy atom. The fourth-order valence-corrected chi connectivity index (χ4v) is 5.44. The van der Waals surface area contributed by atoms with Crippen molar-refractivity contribution in [3.05, 3.63) is 82.2 Å². The predicted molar refractivity (Wildman–Crippen MR) is 135 cm³/mol. The second kappa shape index (κ2) is 8.94. The number of hydrogen-bond acceptors (Lipinski definition) is 6. The second-order valence-electron chi connectivity index (χ2n) is 9.34. The van der Waals surface area contributed by atoms with E-state index < -0.39 is 12.7 Å². The lowest BCUT2D eigenvalue weighted by atomic mass is 9.83. The Hall–Kier alpha value is -2.49. The number of hydrogen-bond donors (Lipinski definition) is 2. The van der Waals surface area contributed by atoms with Crippen LogP contribution in [0.1, 0.15) is 41.0 Å². The molecule has 34 heavy (non-hydrogen) atoms. The van der Waals surface area contributed by atoms with E-state index >= 15 is 0 Å². The maximum Gasteiger partial charge on any atom is 0.376 e. The normalized spacial score (nSPS) is 20.6. The van der Waals surface area contributed by atoms with Crippen LogP contribution in [0.3, 0.4) is 0 Å². The maximum absolute atomic E-state index is 11.9. The van der Waals surface area contributed by atoms with E-state index in [1.165, 1.54) is 0 Å². The van der Waals surface area contributed by atoms with Crippen molar-refractivity contribution in [3.8, 4) is 0 Å². The molecule has 3 aromatic rings. The summed E-state index contributed by atoms with van der Waals surface area (Å²) in [6, 6.07) is 9.78. The number of pyridine rings is 1. The SMILES string of the molecule is CB(O)N1CCN(C2c3ccc(Cl)cc3C(C(C)(O)c3cncn3C)=Cc3cccnc32)CC1. The zero-order valence-corrected chi connectivity index (χ0v) is 20.4. The lowest BCUT2D eigenvalue weighted by Crippen LogP contribution is -2.52. The van der Waals surface area contributed by atoms with E-state index in [1.54, 1.807) is 19.4 Å². The molecule has 1 saturated heterocycles. The number of rotatable bonds is 4. The predicted octanol–water partition coefficient (Wildman–Crippen LogP) is 3.05. The average Bonchev–Trinajstić information content (AvgIpc) is 3.20. The summed E-state index contributed by atoms with van der Waals surface area (Å²) >= 11 is 6.51. The highest BCUT2D eigenvalue weighted by Gasteiger charge is 2.39. The van der Waals surface area contributed by atoms with E-state index in [2.05, 4.69) is 20.8 Å². The van der Waals surface area contributed by atoms with Gasteiger partial charge in [-0.2, -0.15) is 0 Å². The van der Waals surface area contributed by atoms with Crippen LogP contribution in [-0.4, -0.2) is 67.6 Å². The van der Waals surface area contributed by atoms with Crippen molar-refractivity contribution >= 4 is 30.3 Å². The van der Waals surface area contributed by atoms with Crippen molar-refractivity contribution in [2.24, 2.45) is 7.05 Å². The van der Waals surface area contributed by atoms with Crippen LogP contribution >= 0.6 is 11.6 Å². The number of aliphatic hydroxyl groups is 1. The first-order chi connectivity index (χ1) is 16.3. The molecule has 3 heterocycles. The van der Waals surface area contributed by atoms with Gasteiger partial charge in [-0.25, -0.2) is 4.98 Å². The van der Waals surface area contributed by atoms with Crippen LogP contribution in [0, 0.1) is 0 Å². The van der Waals surface area contributed by atoms with Crippen LogP contribution in [-0.2, 0) is 12.6 Å². The third-order valence-corrected chi connectivity index (χ3v) is 7.35. The third kappa shape index (κ3) is 3.99. The molecule has 2 aliphatic rings. The number of piperazine rings is 1. The van der Waals surface area contributed by atoms with Crippen LogP contribution in [0.15, 0.2) is 49.1 Å². The average molecular weight is 478 g/mol. The lowest BCUT2D eigenvalue weighted by molar-refractivity contribution is 0.114. The summed E-state index contributed by atoms with van der Waals surface area (Å²) in [6.07, 6.45) is 7.26. The van der Waals surface area contributed by atoms with Crippen molar-refractivity contribution in [2.45, 2.75) is 25.4 Å². The molecule has 0 radical (unpaired) electrons. The van der Waals surface area contributed by atoms with Crippen molar-refractivity contribution < 1.29 is 10.1 Å². The zero-order chi connectivity index (χ0) is 24.0. The molecule has 0 spiro atoms. The van der Waals surface area contributed by atoms with Crippen molar-refractivity contribution in [1.29, 1.82) is 0 Å². The molecular formula is C25H29BClN5O2. The molecule has 1 aliphatic heterocycles. The summed E-state index contributed by atoms with van der Waals surface area (Å²) in [5.74, 6) is 0. The number of fused-ring (bicyclic) bond motifs is 2. The minimum atomic E-state index is -1.31. The highest BCUT2D eigenvalue weighted by molar-refractivity contribution is 6.45. The van der Waals surface area contributed by atoms with E-state index in [9.17, 15) is 10.1 Å². The van der Waals surface area contributed by atoms with E-state index in [0.717, 1.165) is 54.1 Å². The van der Waals surface area contributed by atoms with Crippen molar-refractivity contribution in [3.63, 3.8) is 0 Å². The summed E-state index contributed by atoms with van der Waals surface area (Å²) in [7, 11) is 1.42. The maximum atomic E-state index is 11.9. The highest BCUT2D eigenvalue weighted by Crippen LogP contribution is 2.46. The van der Waals surface area contributed by atoms with Gasteiger partial charge in [0.15, 0.2) is 0 Å². The van der Waals surface area contributed by atoms with E-state index in [-0.39, 0.29) is 6.04 Å². The smallest absolute Gasteiger partial charge is 0.376 e. The Morgan fingerprint density at radius 3 is 2.62 bits per heavy atom. The van der Waals surface area contributed by atoms with Gasteiger partial charge in [0.25, 0.3) is 0 Å². The van der Waals surface area contributed by atoms with Gasteiger partial charge in [-0.15, -0.1) is 0 Å². The standard InChI is InChI=1S/C25H29BClN5O2/c1-25(33,22-15-28-16-30(22)3)21-13-17-5-4-8-29-23(17)24(19-7-6-18(27)14-20(19)21)31-9-11-32(12-10-31)26(2)34/h4-8,13-16,24,33-34H,9-12H2,1-3H3. The first kappa shape index (κ1) is 23.3. The summed E-state index contributed by atoms with van der Waals surface area (Å²) in [5.41, 5.74) is 4.02. The summed E-state index contributed by atoms with van der Waals surface area (Å²) in [4.78, 5) is 13.5. The number of aryl methyl sites for hydroxylation is 1. The molecule has 1 aromatic carbocycles. The Kier molecular flexibility index (Phi) is 6.12. The van der Waals surface area contributed by atoms with Gasteiger partial charge in [0.1, 0.15) is 5.60 Å². The minimum Gasteiger partial charge on any atom is -0.437 e. The van der Waals surface area contributed by atoms with Crippen molar-refractivity contribution in [1.82, 2.24) is 24.2 Å². The molecule has 5 rings (SSSR count). The molecule has 1 fully saturated rings. The van der Waals surface area contributed by atoms with Gasteiger partial charge >= 0.3 is 7.05 Å². The molecule has 2 atom stereocenters. The Bertz CT molecular complexity index is 1230. The fraction of sp³-hybridized carbons (Fsp3) is 0.360. The lowest BCUT2D eigenvalue weighted by Gasteiger charge is -2.40. The van der Waals surface area contributed by atoms with Crippen LogP contribution in [0.2, 0.25) is 11.8 Å². The Labute approximate surface area is 205 Å². The van der Waals surface area contributed by atoms with Gasteiger partial charge in [0, 0.05) is 44.4 Å². The second-order valence-corrected chi connectivity index (χ2v) is 9.77. The molecule has 1 aliphatic carbocycles. The van der Waals surface area contributed by atoms with Gasteiger partial charge in [0.05, 0.1) is 30.0 Å². The summed E-state index contributed by atoms with van der Waals surface area (Å²) in [5, 5.41) is 22.6. The van der Waals surface area contributed by atoms with Gasteiger partial charge in [-0.05, 0) is 60.3 Å². The quantitative estimate of drug-likeness (QED) is 0.563. The number of nitrogens with zero attached hydrogens (tertiary/aromatic N) is 5. The molecule has 0 saturated carbocycles. The number of aromatic nitrogens is 3. The highest BCUT2D eigenvalue weighted by atomic mass is 35.5. The number of imidazole rings is 1. The van der Waals surface area contributed by atoms with Gasteiger partial charge < -0.3 is 19.5 Å². The largest absolute Gasteiger partial charge is 0.437 e. The molecule has 2 aromatic heterocycles. The summed E-state index contributed by atoms with van der Waals surface area (Å²) in [6.45, 7) is 6.74. The van der Waals surface area contributed by atoms with Crippen LogP contribution in [0.5, 0.6) is 0 Å². The monoisotopic (exact) mass is 477 g/mol. The first-order valence-electron chi connectivity index (χ1n) is 11.6. The first-order valence-corrected chi connectivity index (χ1v) is 12.0. The van der Waals surface area contributed by atoms with Crippen LogP contribution in [0.25, 0.3) is 11.6 Å². The van der Waals surface area contributed by atoms with Crippen LogP contribution in [0.4, 0.5) is 0 Å². The van der Waals surface area contributed by atoms with E-state index in [4.69, 9.17) is 16.6 Å². The molecule has 2 unspecified atom stereocenters.